The molecule has 0 fully saturated rings. The molecule has 0 amide bonds. The van der Waals surface area contributed by atoms with Gasteiger partial charge < -0.3 is 23.3 Å². The van der Waals surface area contributed by atoms with Crippen LogP contribution in [-0.2, 0) is 9.59 Å². The molecule has 68 valence electrons. The number of rotatable bonds is 3. The molecule has 0 rings (SSSR count). The number of hydrogen-bond donors (Lipinski definition) is 4. The van der Waals surface area contributed by atoms with Gasteiger partial charge in [0.1, 0.15) is 0 Å². The van der Waals surface area contributed by atoms with Gasteiger partial charge in [0.25, 0.3) is 0 Å². The van der Waals surface area contributed by atoms with Crippen molar-refractivity contribution in [3.8, 4) is 0 Å². The second-order valence-electron chi connectivity index (χ2n) is 1.57. The normalized spacial score (nSPS) is 12.2. The molecule has 0 bridgehead atoms. The summed E-state index contributed by atoms with van der Waals surface area (Å²) in [6.07, 6.45) is -4.53. The number of aliphatic hydroxyl groups excluding tert-OH is 2. The molecule has 0 aliphatic rings. The number of hydrogen-bond acceptors (Lipinski definition) is 4. The molecule has 0 aliphatic heterocycles. The summed E-state index contributed by atoms with van der Waals surface area (Å²) in [4.78, 5) is 19.5. The summed E-state index contributed by atoms with van der Waals surface area (Å²) in [7, 11) is 0. The molecule has 2 atom stereocenters. The minimum absolute atomic E-state index is 0. The summed E-state index contributed by atoms with van der Waals surface area (Å²) in [5, 5.41) is 32.5. The zero-order valence-corrected chi connectivity index (χ0v) is 18.1. The molecule has 0 spiro atoms. The Morgan fingerprint density at radius 2 is 1.15 bits per heavy atom. The van der Waals surface area contributed by atoms with Crippen LogP contribution in [0.2, 0.25) is 0 Å². The van der Waals surface area contributed by atoms with Crippen LogP contribution in [0.5, 0.6) is 0 Å². The number of aliphatic hydroxyl groups is 2. The van der Waals surface area contributed by atoms with Crippen molar-refractivity contribution >= 4 is 39.2 Å². The topological polar surface area (TPSA) is 115 Å². The fraction of sp³-hybridized carbons (Fsp3) is 0.500. The van der Waals surface area contributed by atoms with Crippen molar-refractivity contribution in [2.24, 2.45) is 0 Å². The molecule has 2 radical (unpaired) electrons. The van der Waals surface area contributed by atoms with Crippen LogP contribution in [0.1, 0.15) is 2.85 Å². The Labute approximate surface area is 162 Å². The van der Waals surface area contributed by atoms with Crippen molar-refractivity contribution in [1.29, 1.82) is 0 Å². The van der Waals surface area contributed by atoms with Crippen LogP contribution < -0.4 is 80.9 Å². The van der Waals surface area contributed by atoms with Crippen molar-refractivity contribution in [2.45, 2.75) is 12.2 Å². The van der Waals surface area contributed by atoms with Crippen molar-refractivity contribution in [3.05, 3.63) is 0 Å². The fourth-order valence-electron chi connectivity index (χ4n) is 0.270. The molecule has 6 nitrogen and oxygen atoms in total. The van der Waals surface area contributed by atoms with Gasteiger partial charge >= 0.3 is 120 Å². The first-order valence-corrected chi connectivity index (χ1v) is 2.28. The van der Waals surface area contributed by atoms with Crippen LogP contribution in [-0.4, -0.2) is 71.9 Å². The second kappa shape index (κ2) is 12.5. The molecule has 4 N–H and O–H groups in total. The number of carboxylic acid groups (broad SMARTS) is 2. The van der Waals surface area contributed by atoms with Gasteiger partial charge in [-0.2, -0.15) is 0 Å². The van der Waals surface area contributed by atoms with E-state index in [0.29, 0.717) is 0 Å². The Bertz CT molecular complexity index is 157. The van der Waals surface area contributed by atoms with Gasteiger partial charge in [-0.25, -0.2) is 9.59 Å². The zero-order valence-electron chi connectivity index (χ0n) is 9.47. The first-order valence-electron chi connectivity index (χ1n) is 2.28. The molecule has 0 aromatic heterocycles. The van der Waals surface area contributed by atoms with Crippen molar-refractivity contribution in [2.75, 3.05) is 0 Å². The van der Waals surface area contributed by atoms with Gasteiger partial charge in [-0.15, -0.1) is 0 Å². The van der Waals surface area contributed by atoms with Gasteiger partial charge in [0.2, 0.25) is 0 Å². The summed E-state index contributed by atoms with van der Waals surface area (Å²) < 4.78 is 0. The summed E-state index contributed by atoms with van der Waals surface area (Å²) in [5.74, 6) is -3.54. The van der Waals surface area contributed by atoms with Crippen LogP contribution in [0.25, 0.3) is 0 Å². The molecule has 0 aromatic rings. The molecule has 0 saturated heterocycles. The van der Waals surface area contributed by atoms with E-state index in [1.54, 1.807) is 0 Å². The van der Waals surface area contributed by atoms with E-state index in [9.17, 15) is 9.59 Å². The fourth-order valence-corrected chi connectivity index (χ4v) is 0.270. The van der Waals surface area contributed by atoms with E-state index in [1.807, 2.05) is 0 Å². The SMILES string of the molecule is O=C(O)C(O)C(O)C(=O)O.[H-].[H-].[K+].[Na+].[PbH2]. The molecule has 0 saturated carbocycles. The Kier molecular flexibility index (Phi) is 23.6. The summed E-state index contributed by atoms with van der Waals surface area (Å²) in [6, 6.07) is 0. The van der Waals surface area contributed by atoms with Gasteiger partial charge in [0.15, 0.2) is 12.2 Å². The Balaban J connectivity index is -0.0000000405. The molecule has 13 heavy (non-hydrogen) atoms. The van der Waals surface area contributed by atoms with Crippen LogP contribution >= 0.6 is 0 Å². The Morgan fingerprint density at radius 3 is 1.23 bits per heavy atom. The van der Waals surface area contributed by atoms with Crippen LogP contribution in [0, 0.1) is 0 Å². The molecule has 9 heteroatoms. The van der Waals surface area contributed by atoms with Crippen molar-refractivity contribution in [3.63, 3.8) is 0 Å². The Hall–Kier alpha value is 2.42. The van der Waals surface area contributed by atoms with E-state index < -0.39 is 24.1 Å². The van der Waals surface area contributed by atoms with E-state index in [4.69, 9.17) is 20.4 Å². The van der Waals surface area contributed by atoms with E-state index in [2.05, 4.69) is 0 Å². The maximum atomic E-state index is 9.77. The summed E-state index contributed by atoms with van der Waals surface area (Å²) >= 11 is 0. The molecule has 2 unspecified atom stereocenters. The van der Waals surface area contributed by atoms with E-state index >= 15 is 0 Å². The number of carbonyl (C=O) groups is 2. The first-order chi connectivity index (χ1) is 4.46. The van der Waals surface area contributed by atoms with Crippen LogP contribution in [0.15, 0.2) is 0 Å². The van der Waals surface area contributed by atoms with Gasteiger partial charge in [-0.05, 0) is 0 Å². The quantitative estimate of drug-likeness (QED) is 0.335. The number of carboxylic acids is 2. The average Bonchev–Trinajstić information content (AvgIpc) is 1.84. The molecule has 0 heterocycles. The molecular formula is C4H10KNaO6Pb. The van der Waals surface area contributed by atoms with Gasteiger partial charge in [0.05, 0.1) is 0 Å². The predicted molar refractivity (Wildman–Crippen MR) is 38.1 cm³/mol. The third-order valence-electron chi connectivity index (χ3n) is 0.805. The third-order valence-corrected chi connectivity index (χ3v) is 0.805. The van der Waals surface area contributed by atoms with E-state index in [0.717, 1.165) is 0 Å². The second-order valence-corrected chi connectivity index (χ2v) is 1.57. The minimum atomic E-state index is -2.27. The maximum absolute atomic E-state index is 9.77. The van der Waals surface area contributed by atoms with Gasteiger partial charge in [-0.1, -0.05) is 0 Å². The van der Waals surface area contributed by atoms with E-state index in [-0.39, 0.29) is 111 Å². The van der Waals surface area contributed by atoms with Gasteiger partial charge in [-0.3, -0.25) is 0 Å². The van der Waals surface area contributed by atoms with Crippen molar-refractivity contribution < 1.29 is 114 Å². The summed E-state index contributed by atoms with van der Waals surface area (Å²) in [6.45, 7) is 0. The number of aliphatic carboxylic acids is 2. The monoisotopic (exact) mass is 424 g/mol. The Morgan fingerprint density at radius 1 is 1.00 bits per heavy atom. The van der Waals surface area contributed by atoms with Crippen LogP contribution in [0.4, 0.5) is 0 Å². The summed E-state index contributed by atoms with van der Waals surface area (Å²) in [5.41, 5.74) is 0. The standard InChI is InChI=1S/C4H6O6.K.Na.Pb.4H/c5-1(3(7)8)2(6)4(9)10;;;;;;;/h1-2,5-6H,(H,7,8)(H,9,10);;;;;;;/q;2*+1;;;;2*-1. The molecule has 0 aromatic carbocycles. The zero-order chi connectivity index (χ0) is 8.31. The van der Waals surface area contributed by atoms with E-state index in [1.165, 1.54) is 0 Å². The third kappa shape index (κ3) is 10.7. The van der Waals surface area contributed by atoms with Gasteiger partial charge in [0, 0.05) is 0 Å². The molecular weight excluding hydrogens is 413 g/mol. The predicted octanol–water partition coefficient (Wildman–Crippen LogP) is -8.81. The molecule has 0 aliphatic carbocycles. The van der Waals surface area contributed by atoms with Crippen LogP contribution in [0.3, 0.4) is 0 Å². The van der Waals surface area contributed by atoms with Crippen molar-refractivity contribution in [1.82, 2.24) is 0 Å². The first kappa shape index (κ1) is 24.6. The average molecular weight is 423 g/mol.